The van der Waals surface area contributed by atoms with Crippen LogP contribution in [-0.2, 0) is 37.0 Å². The van der Waals surface area contributed by atoms with E-state index in [1.807, 2.05) is 79.3 Å². The number of aliphatic hydroxyl groups excluding tert-OH is 1. The molecule has 0 radical (unpaired) electrons. The molecule has 0 bridgehead atoms. The first-order valence-corrected chi connectivity index (χ1v) is 27.6. The van der Waals surface area contributed by atoms with Crippen LogP contribution in [0.1, 0.15) is 88.6 Å². The molecule has 17 nitrogen and oxygen atoms in total. The third-order valence-electron chi connectivity index (χ3n) is 14.8. The van der Waals surface area contributed by atoms with Crippen LogP contribution in [0.3, 0.4) is 0 Å². The van der Waals surface area contributed by atoms with Crippen LogP contribution < -0.4 is 16.0 Å². The first-order chi connectivity index (χ1) is 37.1. The van der Waals surface area contributed by atoms with Crippen LogP contribution in [-0.4, -0.2) is 145 Å². The summed E-state index contributed by atoms with van der Waals surface area (Å²) >= 11 is 1.57. The number of halogens is 2. The van der Waals surface area contributed by atoms with Crippen LogP contribution in [0.15, 0.2) is 78.7 Å². The second-order valence-corrected chi connectivity index (χ2v) is 22.4. The van der Waals surface area contributed by atoms with Gasteiger partial charge in [0.25, 0.3) is 0 Å². The number of thiazole rings is 1. The minimum atomic E-state index is -0.912. The molecule has 4 amide bonds. The SMILES string of the molecule is Cc1ncsc1-c1ccc(CNC(=O)[C@@H]2C[C@@H](O)CN2C(=O)C(NC(=O)CCCCCNC(=O)CN2CCC(n3cc(-c4cnc5cccc(-c6cc(F)c(CN7CCOCC7)c(F)c6)c5n4)cn3)CC2)C(C)(C)C)cc1. The van der Waals surface area contributed by atoms with Crippen LogP contribution in [0.5, 0.6) is 0 Å². The first kappa shape index (κ1) is 55.2. The van der Waals surface area contributed by atoms with Gasteiger partial charge in [-0.2, -0.15) is 5.10 Å². The quantitative estimate of drug-likeness (QED) is 0.0618. The number of aromatic nitrogens is 5. The fourth-order valence-electron chi connectivity index (χ4n) is 10.4. The van der Waals surface area contributed by atoms with Gasteiger partial charge in [0.1, 0.15) is 23.7 Å². The summed E-state index contributed by atoms with van der Waals surface area (Å²) < 4.78 is 38.2. The Morgan fingerprint density at radius 3 is 2.34 bits per heavy atom. The van der Waals surface area contributed by atoms with Gasteiger partial charge in [-0.3, -0.25) is 38.6 Å². The normalized spacial score (nSPS) is 18.1. The minimum Gasteiger partial charge on any atom is -0.391 e. The largest absolute Gasteiger partial charge is 0.391 e. The Kier molecular flexibility index (Phi) is 17.8. The second-order valence-electron chi connectivity index (χ2n) is 21.6. The number of amides is 4. The molecular weight excluding hydrogens is 1000 g/mol. The zero-order chi connectivity index (χ0) is 54.2. The molecule has 3 fully saturated rings. The maximum atomic E-state index is 15.5. The molecule has 3 atom stereocenters. The zero-order valence-electron chi connectivity index (χ0n) is 44.3. The van der Waals surface area contributed by atoms with E-state index in [1.54, 1.807) is 35.9 Å². The number of aliphatic hydroxyl groups is 1. The molecule has 1 unspecified atom stereocenters. The predicted octanol–water partition coefficient (Wildman–Crippen LogP) is 6.83. The number of carbonyl (C=O) groups is 4. The molecule has 6 aromatic rings. The predicted molar refractivity (Wildman–Crippen MR) is 290 cm³/mol. The van der Waals surface area contributed by atoms with E-state index in [0.29, 0.717) is 93.1 Å². The molecule has 3 aromatic heterocycles. The molecule has 9 rings (SSSR count). The van der Waals surface area contributed by atoms with E-state index in [1.165, 1.54) is 17.0 Å². The number of aryl methyl sites for hydroxylation is 1. The van der Waals surface area contributed by atoms with Crippen molar-refractivity contribution in [2.75, 3.05) is 59.0 Å². The summed E-state index contributed by atoms with van der Waals surface area (Å²) in [5.41, 5.74) is 7.55. The summed E-state index contributed by atoms with van der Waals surface area (Å²) in [5, 5.41) is 24.2. The van der Waals surface area contributed by atoms with E-state index in [4.69, 9.17) is 9.72 Å². The van der Waals surface area contributed by atoms with Gasteiger partial charge in [-0.1, -0.05) is 63.6 Å². The molecule has 0 saturated carbocycles. The number of β-amino-alcohol motifs (C(OH)–C–C–N with tert-alkyl or cyclic N) is 1. The summed E-state index contributed by atoms with van der Waals surface area (Å²) in [4.78, 5) is 74.3. The van der Waals surface area contributed by atoms with Crippen molar-refractivity contribution in [3.63, 3.8) is 0 Å². The number of rotatable bonds is 19. The Morgan fingerprint density at radius 1 is 0.870 bits per heavy atom. The molecule has 20 heteroatoms. The van der Waals surface area contributed by atoms with Gasteiger partial charge >= 0.3 is 0 Å². The third kappa shape index (κ3) is 13.8. The molecule has 77 heavy (non-hydrogen) atoms. The number of hydrogen-bond donors (Lipinski definition) is 4. The van der Waals surface area contributed by atoms with E-state index in [2.05, 4.69) is 35.9 Å². The summed E-state index contributed by atoms with van der Waals surface area (Å²) in [6.07, 6.45) is 8.36. The van der Waals surface area contributed by atoms with E-state index >= 15 is 8.78 Å². The lowest BCUT2D eigenvalue weighted by atomic mass is 9.85. The van der Waals surface area contributed by atoms with Gasteiger partial charge in [0.05, 0.1) is 77.1 Å². The lowest BCUT2D eigenvalue weighted by Gasteiger charge is -2.35. The molecule has 3 aliphatic rings. The van der Waals surface area contributed by atoms with Crippen molar-refractivity contribution in [1.82, 2.24) is 55.4 Å². The molecule has 408 valence electrons. The fraction of sp³-hybridized carbons (Fsp3) is 0.474. The zero-order valence-corrected chi connectivity index (χ0v) is 45.1. The number of unbranched alkanes of at least 4 members (excludes halogenated alkanes) is 2. The summed E-state index contributed by atoms with van der Waals surface area (Å²) in [6.45, 7) is 12.5. The number of morpholine rings is 1. The standard InChI is InChI=1S/C57H69F2N11O6S/c1-36-53(77-35-63-36)38-14-12-37(13-15-38)28-62-55(74)49-27-42(71)32-69(49)56(75)54(57(2,3)4)66-50(72)11-6-5-7-18-60-51(73)34-67-19-16-41(17-20-67)70-31-40(29-64-70)48-30-61-47-10-8-9-43(52(47)65-48)39-25-45(58)44(46(59)26-39)33-68-21-23-76-24-22-68/h8-10,12-15,25-26,29-31,35,41-42,49,54,71H,5-7,11,16-24,27-28,32-34H2,1-4H3,(H,60,73)(H,62,74)(H,66,72)/t42-,49+,54?/m1/s1. The summed E-state index contributed by atoms with van der Waals surface area (Å²) in [5.74, 6) is -2.31. The van der Waals surface area contributed by atoms with Gasteiger partial charge < -0.3 is 30.7 Å². The maximum absolute atomic E-state index is 15.5. The van der Waals surface area contributed by atoms with Crippen molar-refractivity contribution in [2.24, 2.45) is 5.41 Å². The fourth-order valence-corrected chi connectivity index (χ4v) is 11.2. The number of likely N-dealkylation sites (tertiary alicyclic amines) is 2. The number of nitrogens with one attached hydrogen (secondary N) is 3. The second kappa shape index (κ2) is 24.8. The van der Waals surface area contributed by atoms with Crippen LogP contribution in [0, 0.1) is 24.0 Å². The Balaban J connectivity index is 0.686. The van der Waals surface area contributed by atoms with Crippen molar-refractivity contribution in [2.45, 2.75) is 110 Å². The molecule has 0 spiro atoms. The van der Waals surface area contributed by atoms with Crippen molar-refractivity contribution in [1.29, 1.82) is 0 Å². The van der Waals surface area contributed by atoms with E-state index in [-0.39, 0.29) is 68.3 Å². The highest BCUT2D eigenvalue weighted by Crippen LogP contribution is 2.33. The van der Waals surface area contributed by atoms with Gasteiger partial charge in [-0.25, -0.2) is 18.7 Å². The molecule has 3 aliphatic heterocycles. The van der Waals surface area contributed by atoms with Gasteiger partial charge in [-0.15, -0.1) is 11.3 Å². The number of ether oxygens (including phenoxy) is 1. The molecule has 0 aliphatic carbocycles. The van der Waals surface area contributed by atoms with Gasteiger partial charge in [0.15, 0.2) is 0 Å². The Bertz CT molecular complexity index is 3020. The Labute approximate surface area is 451 Å². The number of benzene rings is 3. The van der Waals surface area contributed by atoms with Crippen molar-refractivity contribution in [3.05, 3.63) is 107 Å². The molecular formula is C57H69F2N11O6S. The number of fused-ring (bicyclic) bond motifs is 1. The average molecular weight is 1070 g/mol. The highest BCUT2D eigenvalue weighted by Gasteiger charge is 2.44. The monoisotopic (exact) mass is 1070 g/mol. The topological polar surface area (TPSA) is 200 Å². The number of hydrogen-bond acceptors (Lipinski definition) is 13. The highest BCUT2D eigenvalue weighted by atomic mass is 32.1. The summed E-state index contributed by atoms with van der Waals surface area (Å²) in [7, 11) is 0. The Hall–Kier alpha value is -6.58. The van der Waals surface area contributed by atoms with E-state index in [9.17, 15) is 24.3 Å². The van der Waals surface area contributed by atoms with Crippen molar-refractivity contribution >= 4 is 46.0 Å². The minimum absolute atomic E-state index is 0.00357. The number of nitrogens with zero attached hydrogens (tertiary/aromatic N) is 8. The highest BCUT2D eigenvalue weighted by molar-refractivity contribution is 7.13. The lowest BCUT2D eigenvalue weighted by molar-refractivity contribution is -0.144. The van der Waals surface area contributed by atoms with Crippen molar-refractivity contribution in [3.8, 4) is 32.8 Å². The van der Waals surface area contributed by atoms with Crippen LogP contribution >= 0.6 is 11.3 Å². The summed E-state index contributed by atoms with van der Waals surface area (Å²) in [6, 6.07) is 14.4. The van der Waals surface area contributed by atoms with Gasteiger partial charge in [0.2, 0.25) is 23.6 Å². The molecule has 3 aromatic carbocycles. The van der Waals surface area contributed by atoms with Crippen LogP contribution in [0.25, 0.3) is 43.9 Å². The van der Waals surface area contributed by atoms with Crippen molar-refractivity contribution < 1.29 is 37.8 Å². The van der Waals surface area contributed by atoms with Crippen LogP contribution in [0.2, 0.25) is 0 Å². The first-order valence-electron chi connectivity index (χ1n) is 26.7. The number of carbonyl (C=O) groups excluding carboxylic acids is 4. The number of para-hydroxylation sites is 1. The van der Waals surface area contributed by atoms with Gasteiger partial charge in [-0.05, 0) is 72.9 Å². The van der Waals surface area contributed by atoms with Crippen LogP contribution in [0.4, 0.5) is 8.78 Å². The van der Waals surface area contributed by atoms with E-state index in [0.717, 1.165) is 40.1 Å². The third-order valence-corrected chi connectivity index (χ3v) is 15.8. The molecule has 6 heterocycles. The van der Waals surface area contributed by atoms with Gasteiger partial charge in [0, 0.05) is 88.1 Å². The smallest absolute Gasteiger partial charge is 0.246 e. The van der Waals surface area contributed by atoms with E-state index < -0.39 is 41.1 Å². The average Bonchev–Trinajstić information content (AvgIpc) is 4.22. The molecule has 4 N–H and O–H groups in total. The lowest BCUT2D eigenvalue weighted by Crippen LogP contribution is -2.57. The molecule has 3 saturated heterocycles. The maximum Gasteiger partial charge on any atom is 0.246 e. The number of piperidine rings is 1. The Morgan fingerprint density at radius 2 is 1.62 bits per heavy atom.